The molecule has 1 heterocycles. The van der Waals surface area contributed by atoms with Crippen molar-refractivity contribution >= 4 is 0 Å². The largest absolute Gasteiger partial charge is 0.395 e. The molecular weight excluding hydrogens is 335 g/mol. The number of hydrogen-bond donors (Lipinski definition) is 4. The topological polar surface area (TPSA) is 103 Å². The normalized spacial score (nSPS) is 29.1. The molecule has 0 aromatic carbocycles. The quantitative estimate of drug-likeness (QED) is 0.375. The number of aliphatic hydroxyl groups excluding tert-OH is 4. The van der Waals surface area contributed by atoms with Gasteiger partial charge in [0.1, 0.15) is 12.2 Å². The SMILES string of the molecule is OCC1[C@@H](O)[C@H](O)[C@@H](O)CN1CCOCCOCCCC(F)(F)F. The van der Waals surface area contributed by atoms with Crippen LogP contribution in [0.15, 0.2) is 0 Å². The summed E-state index contributed by atoms with van der Waals surface area (Å²) in [6.45, 7) is 0.673. The van der Waals surface area contributed by atoms with Crippen molar-refractivity contribution in [3.63, 3.8) is 0 Å². The minimum atomic E-state index is -4.17. The fourth-order valence-electron chi connectivity index (χ4n) is 2.51. The molecule has 0 amide bonds. The lowest BCUT2D eigenvalue weighted by molar-refractivity contribution is -0.147. The van der Waals surface area contributed by atoms with Gasteiger partial charge in [0.05, 0.1) is 38.6 Å². The highest BCUT2D eigenvalue weighted by atomic mass is 19.4. The highest BCUT2D eigenvalue weighted by Crippen LogP contribution is 2.21. The molecule has 4 atom stereocenters. The van der Waals surface area contributed by atoms with Gasteiger partial charge in [-0.25, -0.2) is 0 Å². The Morgan fingerprint density at radius 2 is 1.58 bits per heavy atom. The third-order valence-corrected chi connectivity index (χ3v) is 3.86. The average molecular weight is 361 g/mol. The molecule has 1 fully saturated rings. The van der Waals surface area contributed by atoms with Crippen LogP contribution in [0.4, 0.5) is 13.2 Å². The number of piperidine rings is 1. The summed E-state index contributed by atoms with van der Waals surface area (Å²) in [4.78, 5) is 1.62. The Morgan fingerprint density at radius 1 is 0.958 bits per heavy atom. The third-order valence-electron chi connectivity index (χ3n) is 3.86. The Balaban J connectivity index is 2.10. The second-order valence-electron chi connectivity index (χ2n) is 5.74. The molecule has 0 spiro atoms. The second-order valence-corrected chi connectivity index (χ2v) is 5.74. The molecule has 1 saturated heterocycles. The van der Waals surface area contributed by atoms with E-state index in [4.69, 9.17) is 9.47 Å². The van der Waals surface area contributed by atoms with Crippen LogP contribution in [0.2, 0.25) is 0 Å². The molecule has 0 bridgehead atoms. The number of aliphatic hydroxyl groups is 4. The Kier molecular flexibility index (Phi) is 9.42. The van der Waals surface area contributed by atoms with Gasteiger partial charge in [0.25, 0.3) is 0 Å². The van der Waals surface area contributed by atoms with Crippen LogP contribution in [0.5, 0.6) is 0 Å². The van der Waals surface area contributed by atoms with Gasteiger partial charge in [-0.3, -0.25) is 4.90 Å². The van der Waals surface area contributed by atoms with E-state index in [0.717, 1.165) is 0 Å². The van der Waals surface area contributed by atoms with Gasteiger partial charge in [-0.1, -0.05) is 0 Å². The summed E-state index contributed by atoms with van der Waals surface area (Å²) in [7, 11) is 0. The number of rotatable bonds is 10. The monoisotopic (exact) mass is 361 g/mol. The standard InChI is InChI=1S/C14H26F3NO6/c15-14(16,17)2-1-4-23-6-7-24-5-3-18-8-11(20)13(22)12(21)10(18)9-19/h10-13,19-22H,1-9H2/t10?,11-,12+,13+/m0/s1. The number of halogens is 3. The van der Waals surface area contributed by atoms with E-state index in [9.17, 15) is 33.6 Å². The van der Waals surface area contributed by atoms with Crippen LogP contribution in [0.3, 0.4) is 0 Å². The van der Waals surface area contributed by atoms with Crippen molar-refractivity contribution in [1.82, 2.24) is 4.90 Å². The highest BCUT2D eigenvalue weighted by Gasteiger charge is 2.40. The van der Waals surface area contributed by atoms with Gasteiger partial charge in [-0.15, -0.1) is 0 Å². The van der Waals surface area contributed by atoms with Crippen LogP contribution in [-0.4, -0.2) is 102 Å². The molecule has 1 aliphatic heterocycles. The zero-order chi connectivity index (χ0) is 18.2. The number of nitrogens with zero attached hydrogens (tertiary/aromatic N) is 1. The maximum atomic E-state index is 11.9. The lowest BCUT2D eigenvalue weighted by Crippen LogP contribution is -2.62. The summed E-state index contributed by atoms with van der Waals surface area (Å²) in [5.74, 6) is 0. The summed E-state index contributed by atoms with van der Waals surface area (Å²) in [6.07, 6.45) is -8.80. The molecule has 144 valence electrons. The molecule has 0 aromatic heterocycles. The number of β-amino-alcohol motifs (C(OH)–C–C–N with tert-alkyl or cyclic N) is 1. The first-order valence-electron chi connectivity index (χ1n) is 7.87. The van der Waals surface area contributed by atoms with Gasteiger partial charge < -0.3 is 29.9 Å². The van der Waals surface area contributed by atoms with Gasteiger partial charge in [0.2, 0.25) is 0 Å². The Hall–Kier alpha value is -0.490. The zero-order valence-electron chi connectivity index (χ0n) is 13.4. The van der Waals surface area contributed by atoms with Crippen molar-refractivity contribution in [2.75, 3.05) is 46.1 Å². The summed E-state index contributed by atoms with van der Waals surface area (Å²) in [6, 6.07) is -0.689. The fraction of sp³-hybridized carbons (Fsp3) is 1.00. The molecule has 24 heavy (non-hydrogen) atoms. The van der Waals surface area contributed by atoms with Crippen molar-refractivity contribution in [2.45, 2.75) is 43.4 Å². The predicted octanol–water partition coefficient (Wildman–Crippen LogP) is -0.879. The summed E-state index contributed by atoms with van der Waals surface area (Å²) >= 11 is 0. The number of alkyl halides is 3. The lowest BCUT2D eigenvalue weighted by Gasteiger charge is -2.43. The maximum absolute atomic E-state index is 11.9. The predicted molar refractivity (Wildman–Crippen MR) is 77.4 cm³/mol. The van der Waals surface area contributed by atoms with E-state index in [0.29, 0.717) is 6.54 Å². The van der Waals surface area contributed by atoms with Gasteiger partial charge in [-0.2, -0.15) is 13.2 Å². The lowest BCUT2D eigenvalue weighted by atomic mass is 9.94. The van der Waals surface area contributed by atoms with Gasteiger partial charge in [0, 0.05) is 26.1 Å². The molecule has 0 saturated carbocycles. The van der Waals surface area contributed by atoms with Gasteiger partial charge in [-0.05, 0) is 6.42 Å². The van der Waals surface area contributed by atoms with E-state index >= 15 is 0 Å². The van der Waals surface area contributed by atoms with Crippen molar-refractivity contribution in [1.29, 1.82) is 0 Å². The number of likely N-dealkylation sites (tertiary alicyclic amines) is 1. The molecule has 0 aliphatic carbocycles. The van der Waals surface area contributed by atoms with Crippen LogP contribution >= 0.6 is 0 Å². The molecule has 0 radical (unpaired) electrons. The Bertz CT molecular complexity index is 347. The summed E-state index contributed by atoms with van der Waals surface area (Å²) < 4.78 is 46.0. The van der Waals surface area contributed by atoms with Crippen molar-refractivity contribution in [2.24, 2.45) is 0 Å². The molecule has 0 aromatic rings. The number of ether oxygens (including phenoxy) is 2. The molecule has 10 heteroatoms. The Labute approximate surface area is 138 Å². The van der Waals surface area contributed by atoms with Crippen molar-refractivity contribution < 1.29 is 43.1 Å². The third kappa shape index (κ3) is 7.60. The van der Waals surface area contributed by atoms with E-state index in [1.807, 2.05) is 0 Å². The molecular formula is C14H26F3NO6. The fourth-order valence-corrected chi connectivity index (χ4v) is 2.51. The average Bonchev–Trinajstić information content (AvgIpc) is 2.50. The maximum Gasteiger partial charge on any atom is 0.389 e. The highest BCUT2D eigenvalue weighted by molar-refractivity contribution is 4.93. The van der Waals surface area contributed by atoms with Gasteiger partial charge >= 0.3 is 6.18 Å². The molecule has 1 aliphatic rings. The van der Waals surface area contributed by atoms with Crippen LogP contribution in [0, 0.1) is 0 Å². The van der Waals surface area contributed by atoms with Crippen LogP contribution in [0.1, 0.15) is 12.8 Å². The summed E-state index contributed by atoms with van der Waals surface area (Å²) in [5, 5.41) is 38.3. The minimum absolute atomic E-state index is 0.0118. The smallest absolute Gasteiger partial charge is 0.389 e. The first kappa shape index (κ1) is 21.6. The first-order chi connectivity index (χ1) is 11.3. The first-order valence-corrected chi connectivity index (χ1v) is 7.87. The van der Waals surface area contributed by atoms with Crippen LogP contribution < -0.4 is 0 Å². The molecule has 1 rings (SSSR count). The molecule has 1 unspecified atom stereocenters. The van der Waals surface area contributed by atoms with Crippen molar-refractivity contribution in [3.05, 3.63) is 0 Å². The second kappa shape index (κ2) is 10.5. The van der Waals surface area contributed by atoms with E-state index in [2.05, 4.69) is 0 Å². The minimum Gasteiger partial charge on any atom is -0.395 e. The zero-order valence-corrected chi connectivity index (χ0v) is 13.4. The van der Waals surface area contributed by atoms with E-state index in [-0.39, 0.29) is 46.0 Å². The Morgan fingerprint density at radius 3 is 2.17 bits per heavy atom. The molecule has 7 nitrogen and oxygen atoms in total. The van der Waals surface area contributed by atoms with Crippen LogP contribution in [0.25, 0.3) is 0 Å². The van der Waals surface area contributed by atoms with Crippen LogP contribution in [-0.2, 0) is 9.47 Å². The van der Waals surface area contributed by atoms with Crippen molar-refractivity contribution in [3.8, 4) is 0 Å². The van der Waals surface area contributed by atoms with Gasteiger partial charge in [0.15, 0.2) is 0 Å². The van der Waals surface area contributed by atoms with E-state index < -0.39 is 37.0 Å². The number of hydrogen-bond acceptors (Lipinski definition) is 7. The van der Waals surface area contributed by atoms with E-state index in [1.54, 1.807) is 4.90 Å². The van der Waals surface area contributed by atoms with E-state index in [1.165, 1.54) is 0 Å². The molecule has 4 N–H and O–H groups in total. The summed E-state index contributed by atoms with van der Waals surface area (Å²) in [5.41, 5.74) is 0.